The van der Waals surface area contributed by atoms with Crippen LogP contribution in [-0.4, -0.2) is 14.2 Å². The van der Waals surface area contributed by atoms with Crippen LogP contribution in [0.25, 0.3) is 16.6 Å². The van der Waals surface area contributed by atoms with E-state index < -0.39 is 0 Å². The van der Waals surface area contributed by atoms with E-state index >= 15 is 0 Å². The molecule has 0 saturated carbocycles. The molecule has 0 radical (unpaired) electrons. The fraction of sp³-hybridized carbons (Fsp3) is 0.0909. The largest absolute Gasteiger partial charge is 0.308 e. The molecular weight excluding hydrogens is 190 g/mol. The highest BCUT2D eigenvalue weighted by molar-refractivity contribution is 5.78. The molecule has 0 spiro atoms. The molecular formula is C11H9N3O. The van der Waals surface area contributed by atoms with Crippen molar-refractivity contribution in [1.82, 2.24) is 14.2 Å². The zero-order valence-corrected chi connectivity index (χ0v) is 8.21. The Hall–Kier alpha value is -2.10. The second kappa shape index (κ2) is 2.70. The number of aromatic nitrogens is 3. The topological polar surface area (TPSA) is 39.3 Å². The molecule has 1 aromatic carbocycles. The van der Waals surface area contributed by atoms with E-state index in [2.05, 4.69) is 5.10 Å². The van der Waals surface area contributed by atoms with E-state index in [1.54, 1.807) is 28.4 Å². The number of hydrogen-bond donors (Lipinski definition) is 0. The van der Waals surface area contributed by atoms with E-state index in [4.69, 9.17) is 0 Å². The molecule has 4 nitrogen and oxygen atoms in total. The maximum Gasteiger partial charge on any atom is 0.276 e. The standard InChI is InChI=1S/C11H9N3O/c1-13-8-4-2-3-5-9(8)14-10(11(13)15)6-7-12-14/h2-7H,1H3. The van der Waals surface area contributed by atoms with Gasteiger partial charge >= 0.3 is 0 Å². The average molecular weight is 199 g/mol. The van der Waals surface area contributed by atoms with Crippen LogP contribution >= 0.6 is 0 Å². The van der Waals surface area contributed by atoms with E-state index in [0.717, 1.165) is 11.0 Å². The molecule has 0 aliphatic rings. The van der Waals surface area contributed by atoms with E-state index in [9.17, 15) is 4.79 Å². The Labute approximate surface area is 85.4 Å². The molecule has 2 aromatic heterocycles. The van der Waals surface area contributed by atoms with Gasteiger partial charge in [-0.2, -0.15) is 5.10 Å². The Morgan fingerprint density at radius 3 is 2.60 bits per heavy atom. The first-order valence-corrected chi connectivity index (χ1v) is 4.70. The Balaban J connectivity index is 2.77. The second-order valence-corrected chi connectivity index (χ2v) is 3.48. The molecule has 0 unspecified atom stereocenters. The number of para-hydroxylation sites is 2. The summed E-state index contributed by atoms with van der Waals surface area (Å²) in [5, 5.41) is 4.15. The summed E-state index contributed by atoms with van der Waals surface area (Å²) in [7, 11) is 1.78. The maximum atomic E-state index is 11.9. The van der Waals surface area contributed by atoms with Crippen LogP contribution in [0, 0.1) is 0 Å². The molecule has 3 aromatic rings. The van der Waals surface area contributed by atoms with Crippen molar-refractivity contribution >= 4 is 16.6 Å². The van der Waals surface area contributed by atoms with E-state index in [1.807, 2.05) is 24.3 Å². The molecule has 0 bridgehead atoms. The molecule has 3 rings (SSSR count). The summed E-state index contributed by atoms with van der Waals surface area (Å²) in [4.78, 5) is 11.9. The van der Waals surface area contributed by atoms with Crippen LogP contribution in [0.1, 0.15) is 0 Å². The minimum absolute atomic E-state index is 0.0220. The SMILES string of the molecule is Cn1c(=O)c2ccnn2c2ccccc21. The predicted octanol–water partition coefficient (Wildman–Crippen LogP) is 1.19. The molecule has 0 N–H and O–H groups in total. The van der Waals surface area contributed by atoms with Crippen LogP contribution in [0.15, 0.2) is 41.3 Å². The van der Waals surface area contributed by atoms with Crippen LogP contribution in [0.3, 0.4) is 0 Å². The lowest BCUT2D eigenvalue weighted by Gasteiger charge is -2.06. The van der Waals surface area contributed by atoms with Crippen LogP contribution in [-0.2, 0) is 7.05 Å². The molecule has 4 heteroatoms. The molecule has 0 saturated heterocycles. The van der Waals surface area contributed by atoms with Crippen LogP contribution in [0.5, 0.6) is 0 Å². The Morgan fingerprint density at radius 1 is 1.07 bits per heavy atom. The number of benzene rings is 1. The smallest absolute Gasteiger partial charge is 0.276 e. The van der Waals surface area contributed by atoms with Gasteiger partial charge in [-0.05, 0) is 18.2 Å². The van der Waals surface area contributed by atoms with E-state index in [1.165, 1.54) is 0 Å². The Kier molecular flexibility index (Phi) is 1.48. The van der Waals surface area contributed by atoms with Crippen molar-refractivity contribution < 1.29 is 0 Å². The van der Waals surface area contributed by atoms with Crippen molar-refractivity contribution in [3.05, 3.63) is 46.9 Å². The third kappa shape index (κ3) is 0.958. The van der Waals surface area contributed by atoms with Gasteiger partial charge in [0.25, 0.3) is 5.56 Å². The van der Waals surface area contributed by atoms with Gasteiger partial charge in [-0.25, -0.2) is 4.52 Å². The van der Waals surface area contributed by atoms with E-state index in [0.29, 0.717) is 5.52 Å². The zero-order chi connectivity index (χ0) is 10.4. The first kappa shape index (κ1) is 8.23. The van der Waals surface area contributed by atoms with Gasteiger partial charge in [-0.1, -0.05) is 12.1 Å². The summed E-state index contributed by atoms with van der Waals surface area (Å²) >= 11 is 0. The fourth-order valence-electron chi connectivity index (χ4n) is 1.87. The lowest BCUT2D eigenvalue weighted by Crippen LogP contribution is -2.19. The number of hydrogen-bond acceptors (Lipinski definition) is 2. The summed E-state index contributed by atoms with van der Waals surface area (Å²) in [5.41, 5.74) is 2.42. The van der Waals surface area contributed by atoms with Gasteiger partial charge in [0.1, 0.15) is 5.52 Å². The molecule has 2 heterocycles. The Morgan fingerprint density at radius 2 is 1.80 bits per heavy atom. The van der Waals surface area contributed by atoms with Crippen molar-refractivity contribution in [2.45, 2.75) is 0 Å². The molecule has 0 aliphatic heterocycles. The summed E-state index contributed by atoms with van der Waals surface area (Å²) < 4.78 is 3.32. The minimum Gasteiger partial charge on any atom is -0.308 e. The van der Waals surface area contributed by atoms with Crippen LogP contribution in [0.4, 0.5) is 0 Å². The molecule has 0 fully saturated rings. The molecule has 15 heavy (non-hydrogen) atoms. The van der Waals surface area contributed by atoms with Gasteiger partial charge in [0.15, 0.2) is 0 Å². The number of fused-ring (bicyclic) bond motifs is 3. The number of aryl methyl sites for hydroxylation is 1. The highest BCUT2D eigenvalue weighted by Gasteiger charge is 2.07. The second-order valence-electron chi connectivity index (χ2n) is 3.48. The van der Waals surface area contributed by atoms with Crippen LogP contribution < -0.4 is 5.56 Å². The molecule has 74 valence electrons. The maximum absolute atomic E-state index is 11.9. The highest BCUT2D eigenvalue weighted by atomic mass is 16.1. The molecule has 0 aliphatic carbocycles. The Bertz CT molecular complexity index is 708. The van der Waals surface area contributed by atoms with Crippen molar-refractivity contribution in [2.24, 2.45) is 7.05 Å². The third-order valence-electron chi connectivity index (χ3n) is 2.64. The van der Waals surface area contributed by atoms with Gasteiger partial charge in [0, 0.05) is 7.05 Å². The monoisotopic (exact) mass is 199 g/mol. The predicted molar refractivity (Wildman–Crippen MR) is 57.9 cm³/mol. The molecule has 0 amide bonds. The van der Waals surface area contributed by atoms with Gasteiger partial charge in [0.2, 0.25) is 0 Å². The average Bonchev–Trinajstić information content (AvgIpc) is 2.75. The van der Waals surface area contributed by atoms with Gasteiger partial charge in [-0.15, -0.1) is 0 Å². The first-order chi connectivity index (χ1) is 7.29. The summed E-state index contributed by atoms with van der Waals surface area (Å²) in [5.74, 6) is 0. The first-order valence-electron chi connectivity index (χ1n) is 4.70. The van der Waals surface area contributed by atoms with Crippen molar-refractivity contribution in [1.29, 1.82) is 0 Å². The van der Waals surface area contributed by atoms with Gasteiger partial charge in [-0.3, -0.25) is 4.79 Å². The normalized spacial score (nSPS) is 11.3. The quantitative estimate of drug-likeness (QED) is 0.545. The van der Waals surface area contributed by atoms with Crippen molar-refractivity contribution in [3.8, 4) is 0 Å². The van der Waals surface area contributed by atoms with Gasteiger partial charge < -0.3 is 4.57 Å². The number of nitrogens with zero attached hydrogens (tertiary/aromatic N) is 3. The lowest BCUT2D eigenvalue weighted by molar-refractivity contribution is 0.878. The van der Waals surface area contributed by atoms with Crippen molar-refractivity contribution in [3.63, 3.8) is 0 Å². The number of rotatable bonds is 0. The summed E-state index contributed by atoms with van der Waals surface area (Å²) in [6.45, 7) is 0. The third-order valence-corrected chi connectivity index (χ3v) is 2.64. The fourth-order valence-corrected chi connectivity index (χ4v) is 1.87. The summed E-state index contributed by atoms with van der Waals surface area (Å²) in [6, 6.07) is 9.45. The lowest BCUT2D eigenvalue weighted by atomic mass is 10.3. The minimum atomic E-state index is -0.0220. The zero-order valence-electron chi connectivity index (χ0n) is 8.21. The molecule has 0 atom stereocenters. The van der Waals surface area contributed by atoms with Crippen LogP contribution in [0.2, 0.25) is 0 Å². The summed E-state index contributed by atoms with van der Waals surface area (Å²) in [6.07, 6.45) is 1.64. The van der Waals surface area contributed by atoms with Gasteiger partial charge in [0.05, 0.1) is 17.2 Å². The highest BCUT2D eigenvalue weighted by Crippen LogP contribution is 2.11. The van der Waals surface area contributed by atoms with Crippen molar-refractivity contribution in [2.75, 3.05) is 0 Å². The van der Waals surface area contributed by atoms with E-state index in [-0.39, 0.29) is 5.56 Å².